The standard InChI is InChI=1S/C10H11Br2NO6/c11-7-8(12)10(17)13(9(7)16)1-2-18-3-4-19-5-6(14)15/h1-5H2,(H,14,15). The fraction of sp³-hybridized carbons (Fsp3) is 0.500. The number of imide groups is 1. The molecule has 0 saturated heterocycles. The number of rotatable bonds is 8. The van der Waals surface area contributed by atoms with E-state index in [2.05, 4.69) is 31.9 Å². The zero-order valence-corrected chi connectivity index (χ0v) is 12.9. The number of carboxylic acid groups (broad SMARTS) is 1. The van der Waals surface area contributed by atoms with E-state index >= 15 is 0 Å². The minimum Gasteiger partial charge on any atom is -0.480 e. The third-order valence-corrected chi connectivity index (χ3v) is 4.12. The first-order chi connectivity index (χ1) is 8.95. The molecule has 0 radical (unpaired) electrons. The molecule has 0 atom stereocenters. The summed E-state index contributed by atoms with van der Waals surface area (Å²) in [5, 5.41) is 8.31. The van der Waals surface area contributed by atoms with Crippen molar-refractivity contribution in [1.82, 2.24) is 4.90 Å². The molecule has 9 heteroatoms. The first kappa shape index (κ1) is 16.3. The van der Waals surface area contributed by atoms with Crippen molar-refractivity contribution in [3.63, 3.8) is 0 Å². The van der Waals surface area contributed by atoms with Crippen LogP contribution in [-0.2, 0) is 23.9 Å². The number of ether oxygens (including phenoxy) is 2. The maximum absolute atomic E-state index is 11.6. The van der Waals surface area contributed by atoms with Gasteiger partial charge in [0.05, 0.1) is 26.4 Å². The monoisotopic (exact) mass is 399 g/mol. The number of nitrogens with zero attached hydrogens (tertiary/aromatic N) is 1. The highest BCUT2D eigenvalue weighted by molar-refractivity contribution is 9.14. The number of carboxylic acids is 1. The Morgan fingerprint density at radius 3 is 2.11 bits per heavy atom. The smallest absolute Gasteiger partial charge is 0.329 e. The molecule has 0 saturated carbocycles. The molecule has 1 aliphatic rings. The number of carbonyl (C=O) groups is 3. The Morgan fingerprint density at radius 1 is 1.05 bits per heavy atom. The van der Waals surface area contributed by atoms with Crippen LogP contribution in [0.2, 0.25) is 0 Å². The van der Waals surface area contributed by atoms with Crippen LogP contribution in [0.15, 0.2) is 8.96 Å². The molecule has 1 aliphatic heterocycles. The van der Waals surface area contributed by atoms with Gasteiger partial charge in [0.1, 0.15) is 15.6 Å². The summed E-state index contributed by atoms with van der Waals surface area (Å²) in [5.41, 5.74) is 0. The average molecular weight is 401 g/mol. The number of hydrogen-bond donors (Lipinski definition) is 1. The molecule has 0 unspecified atom stereocenters. The molecule has 0 bridgehead atoms. The molecule has 7 nitrogen and oxygen atoms in total. The van der Waals surface area contributed by atoms with Gasteiger partial charge in [0, 0.05) is 0 Å². The van der Waals surface area contributed by atoms with Crippen molar-refractivity contribution < 1.29 is 29.0 Å². The highest BCUT2D eigenvalue weighted by Crippen LogP contribution is 2.28. The van der Waals surface area contributed by atoms with Gasteiger partial charge in [0.25, 0.3) is 11.8 Å². The van der Waals surface area contributed by atoms with E-state index in [4.69, 9.17) is 14.6 Å². The van der Waals surface area contributed by atoms with Crippen LogP contribution in [0.25, 0.3) is 0 Å². The Hall–Kier alpha value is -0.770. The number of amides is 2. The quantitative estimate of drug-likeness (QED) is 0.470. The van der Waals surface area contributed by atoms with Gasteiger partial charge < -0.3 is 14.6 Å². The van der Waals surface area contributed by atoms with E-state index in [1.807, 2.05) is 0 Å². The summed E-state index contributed by atoms with van der Waals surface area (Å²) in [6.07, 6.45) is 0. The van der Waals surface area contributed by atoms with Gasteiger partial charge in [-0.25, -0.2) is 4.79 Å². The highest BCUT2D eigenvalue weighted by Gasteiger charge is 2.35. The number of aliphatic carboxylic acids is 1. The Labute approximate surface area is 125 Å². The highest BCUT2D eigenvalue weighted by atomic mass is 79.9. The topological polar surface area (TPSA) is 93.1 Å². The van der Waals surface area contributed by atoms with Crippen LogP contribution in [0, 0.1) is 0 Å². The molecule has 19 heavy (non-hydrogen) atoms. The second-order valence-corrected chi connectivity index (χ2v) is 5.03. The lowest BCUT2D eigenvalue weighted by Crippen LogP contribution is -2.34. The van der Waals surface area contributed by atoms with Crippen LogP contribution in [0.5, 0.6) is 0 Å². The fourth-order valence-corrected chi connectivity index (χ4v) is 2.02. The van der Waals surface area contributed by atoms with E-state index in [1.165, 1.54) is 0 Å². The summed E-state index contributed by atoms with van der Waals surface area (Å²) in [7, 11) is 0. The van der Waals surface area contributed by atoms with Crippen LogP contribution < -0.4 is 0 Å². The zero-order valence-electron chi connectivity index (χ0n) is 9.73. The average Bonchev–Trinajstić information content (AvgIpc) is 2.54. The van der Waals surface area contributed by atoms with Crippen molar-refractivity contribution in [2.45, 2.75) is 0 Å². The molecule has 106 valence electrons. The molecule has 0 fully saturated rings. The van der Waals surface area contributed by atoms with Gasteiger partial charge in [-0.05, 0) is 31.9 Å². The first-order valence-corrected chi connectivity index (χ1v) is 6.82. The first-order valence-electron chi connectivity index (χ1n) is 5.24. The van der Waals surface area contributed by atoms with Crippen molar-refractivity contribution in [3.05, 3.63) is 8.96 Å². The summed E-state index contributed by atoms with van der Waals surface area (Å²) >= 11 is 6.02. The molecule has 0 aromatic rings. The summed E-state index contributed by atoms with van der Waals surface area (Å²) in [5.74, 6) is -1.88. The van der Waals surface area contributed by atoms with E-state index < -0.39 is 17.8 Å². The van der Waals surface area contributed by atoms with E-state index in [1.54, 1.807) is 0 Å². The third-order valence-electron chi connectivity index (χ3n) is 2.12. The zero-order chi connectivity index (χ0) is 14.4. The van der Waals surface area contributed by atoms with Crippen LogP contribution in [0.3, 0.4) is 0 Å². The van der Waals surface area contributed by atoms with Crippen molar-refractivity contribution in [1.29, 1.82) is 0 Å². The predicted molar refractivity (Wildman–Crippen MR) is 70.9 cm³/mol. The molecule has 1 rings (SSSR count). The summed E-state index contributed by atoms with van der Waals surface area (Å²) in [6.45, 7) is 0.241. The van der Waals surface area contributed by atoms with Gasteiger partial charge >= 0.3 is 5.97 Å². The van der Waals surface area contributed by atoms with Gasteiger partial charge in [0.2, 0.25) is 0 Å². The lowest BCUT2D eigenvalue weighted by molar-refractivity contribution is -0.143. The van der Waals surface area contributed by atoms with Crippen LogP contribution in [-0.4, -0.2) is 60.8 Å². The number of halogens is 2. The van der Waals surface area contributed by atoms with Gasteiger partial charge in [0.15, 0.2) is 0 Å². The third kappa shape index (κ3) is 4.68. The number of hydrogen-bond acceptors (Lipinski definition) is 5. The maximum atomic E-state index is 11.6. The molecular formula is C10H11Br2NO6. The Morgan fingerprint density at radius 2 is 1.58 bits per heavy atom. The minimum atomic E-state index is -1.05. The van der Waals surface area contributed by atoms with Gasteiger partial charge in [-0.15, -0.1) is 0 Å². The lowest BCUT2D eigenvalue weighted by atomic mass is 10.5. The second-order valence-electron chi connectivity index (χ2n) is 3.45. The normalized spacial score (nSPS) is 15.6. The molecule has 1 heterocycles. The van der Waals surface area contributed by atoms with Gasteiger partial charge in [-0.1, -0.05) is 0 Å². The largest absolute Gasteiger partial charge is 0.480 e. The van der Waals surface area contributed by atoms with E-state index in [0.717, 1.165) is 4.90 Å². The Kier molecular flexibility index (Phi) is 6.63. The molecule has 0 aromatic heterocycles. The predicted octanol–water partition coefficient (Wildman–Crippen LogP) is 0.474. The molecule has 0 aromatic carbocycles. The molecule has 1 N–H and O–H groups in total. The van der Waals surface area contributed by atoms with Crippen molar-refractivity contribution in [3.8, 4) is 0 Å². The molecular weight excluding hydrogens is 390 g/mol. The summed E-state index contributed by atoms with van der Waals surface area (Å²) in [6, 6.07) is 0. The van der Waals surface area contributed by atoms with Crippen molar-refractivity contribution in [2.75, 3.05) is 33.0 Å². The van der Waals surface area contributed by atoms with Crippen molar-refractivity contribution in [2.24, 2.45) is 0 Å². The van der Waals surface area contributed by atoms with Crippen molar-refractivity contribution >= 4 is 49.6 Å². The van der Waals surface area contributed by atoms with Crippen LogP contribution >= 0.6 is 31.9 Å². The van der Waals surface area contributed by atoms with Gasteiger partial charge in [-0.2, -0.15) is 0 Å². The van der Waals surface area contributed by atoms with Crippen LogP contribution in [0.1, 0.15) is 0 Å². The maximum Gasteiger partial charge on any atom is 0.329 e. The number of carbonyl (C=O) groups excluding carboxylic acids is 2. The van der Waals surface area contributed by atoms with Crippen LogP contribution in [0.4, 0.5) is 0 Å². The Bertz CT molecular complexity index is 398. The van der Waals surface area contributed by atoms with E-state index in [9.17, 15) is 14.4 Å². The SMILES string of the molecule is O=C(O)COCCOCCN1C(=O)C(Br)=C(Br)C1=O. The summed E-state index contributed by atoms with van der Waals surface area (Å²) in [4.78, 5) is 34.4. The molecule has 2 amide bonds. The summed E-state index contributed by atoms with van der Waals surface area (Å²) < 4.78 is 10.3. The van der Waals surface area contributed by atoms with E-state index in [-0.39, 0.29) is 41.9 Å². The van der Waals surface area contributed by atoms with E-state index in [0.29, 0.717) is 0 Å². The lowest BCUT2D eigenvalue weighted by Gasteiger charge is -2.14. The minimum absolute atomic E-state index is 0.126. The fourth-order valence-electron chi connectivity index (χ4n) is 1.26. The Balaban J connectivity index is 2.16. The second kappa shape index (κ2) is 7.73. The molecule has 0 aliphatic carbocycles. The molecule has 0 spiro atoms. The van der Waals surface area contributed by atoms with Gasteiger partial charge in [-0.3, -0.25) is 14.5 Å².